The maximum atomic E-state index is 5.81. The molecule has 158 valence electrons. The van der Waals surface area contributed by atoms with Gasteiger partial charge < -0.3 is 19.3 Å². The van der Waals surface area contributed by atoms with Gasteiger partial charge in [0.15, 0.2) is 0 Å². The largest absolute Gasteiger partial charge is 0.492 e. The van der Waals surface area contributed by atoms with Crippen molar-refractivity contribution in [1.29, 1.82) is 0 Å². The quantitative estimate of drug-likeness (QED) is 0.297. The molecule has 0 bridgehead atoms. The van der Waals surface area contributed by atoms with Crippen LogP contribution in [0.2, 0.25) is 0 Å². The van der Waals surface area contributed by atoms with E-state index >= 15 is 0 Å². The van der Waals surface area contributed by atoms with Crippen molar-refractivity contribution in [3.05, 3.63) is 24.3 Å². The molecule has 0 atom stereocenters. The van der Waals surface area contributed by atoms with Gasteiger partial charge in [0.1, 0.15) is 33.4 Å². The van der Waals surface area contributed by atoms with Gasteiger partial charge in [-0.25, -0.2) is 0 Å². The van der Waals surface area contributed by atoms with E-state index in [0.717, 1.165) is 63.4 Å². The van der Waals surface area contributed by atoms with Crippen LogP contribution in [-0.4, -0.2) is 57.8 Å². The molecule has 0 N–H and O–H groups in total. The molecular formula is C20H32N2O2S4. The van der Waals surface area contributed by atoms with Gasteiger partial charge in [-0.3, -0.25) is 0 Å². The van der Waals surface area contributed by atoms with E-state index in [1.807, 2.05) is 24.3 Å². The normalized spacial score (nSPS) is 10.4. The van der Waals surface area contributed by atoms with E-state index in [0.29, 0.717) is 21.9 Å². The number of rotatable bonds is 14. The highest BCUT2D eigenvalue weighted by Gasteiger charge is 2.07. The zero-order chi connectivity index (χ0) is 20.8. The number of ether oxygens (including phenoxy) is 2. The van der Waals surface area contributed by atoms with Crippen LogP contribution in [0.25, 0.3) is 0 Å². The van der Waals surface area contributed by atoms with Gasteiger partial charge in [0.2, 0.25) is 0 Å². The van der Waals surface area contributed by atoms with Crippen molar-refractivity contribution in [3.63, 3.8) is 0 Å². The average molecular weight is 461 g/mol. The SMILES string of the molecule is CCCCN(CCOc1ccc(OCCN(CCCC)C(=S)S)cc1)C(=S)S. The lowest BCUT2D eigenvalue weighted by Crippen LogP contribution is -2.31. The Kier molecular flexibility index (Phi) is 13.7. The van der Waals surface area contributed by atoms with Gasteiger partial charge in [-0.15, -0.1) is 25.3 Å². The topological polar surface area (TPSA) is 24.9 Å². The van der Waals surface area contributed by atoms with Crippen molar-refractivity contribution < 1.29 is 9.47 Å². The third-order valence-electron chi connectivity index (χ3n) is 4.19. The van der Waals surface area contributed by atoms with Crippen LogP contribution in [0, 0.1) is 0 Å². The minimum absolute atomic E-state index is 0.566. The van der Waals surface area contributed by atoms with E-state index in [-0.39, 0.29) is 0 Å². The van der Waals surface area contributed by atoms with E-state index in [2.05, 4.69) is 48.9 Å². The summed E-state index contributed by atoms with van der Waals surface area (Å²) < 4.78 is 12.9. The molecule has 0 fully saturated rings. The highest BCUT2D eigenvalue weighted by Crippen LogP contribution is 2.18. The minimum Gasteiger partial charge on any atom is -0.492 e. The molecule has 0 saturated heterocycles. The maximum Gasteiger partial charge on any atom is 0.133 e. The molecule has 4 nitrogen and oxygen atoms in total. The zero-order valence-corrected chi connectivity index (χ0v) is 20.2. The molecule has 1 aromatic rings. The molecule has 0 saturated carbocycles. The first-order valence-electron chi connectivity index (χ1n) is 9.79. The van der Waals surface area contributed by atoms with E-state index in [9.17, 15) is 0 Å². The van der Waals surface area contributed by atoms with Crippen LogP contribution < -0.4 is 9.47 Å². The fourth-order valence-electron chi connectivity index (χ4n) is 2.48. The van der Waals surface area contributed by atoms with E-state index in [1.54, 1.807) is 0 Å². The average Bonchev–Trinajstić information content (AvgIpc) is 2.67. The monoisotopic (exact) mass is 460 g/mol. The summed E-state index contributed by atoms with van der Waals surface area (Å²) in [6.45, 7) is 8.76. The van der Waals surface area contributed by atoms with Gasteiger partial charge in [-0.2, -0.15) is 0 Å². The van der Waals surface area contributed by atoms with Gasteiger partial charge in [0.05, 0.1) is 13.1 Å². The summed E-state index contributed by atoms with van der Waals surface area (Å²) in [5.74, 6) is 1.63. The summed E-state index contributed by atoms with van der Waals surface area (Å²) in [7, 11) is 0. The van der Waals surface area contributed by atoms with Crippen LogP contribution >= 0.6 is 49.7 Å². The summed E-state index contributed by atoms with van der Waals surface area (Å²) >= 11 is 18.9. The number of unbranched alkanes of at least 4 members (excludes halogenated alkanes) is 2. The van der Waals surface area contributed by atoms with Gasteiger partial charge in [0.25, 0.3) is 0 Å². The molecule has 28 heavy (non-hydrogen) atoms. The summed E-state index contributed by atoms with van der Waals surface area (Å²) in [5.41, 5.74) is 0. The third-order valence-corrected chi connectivity index (χ3v) is 5.27. The molecule has 0 aromatic heterocycles. The summed E-state index contributed by atoms with van der Waals surface area (Å²) in [6, 6.07) is 7.68. The van der Waals surface area contributed by atoms with Crippen molar-refractivity contribution in [3.8, 4) is 11.5 Å². The Morgan fingerprint density at radius 3 is 1.39 bits per heavy atom. The number of nitrogens with zero attached hydrogens (tertiary/aromatic N) is 2. The van der Waals surface area contributed by atoms with Crippen LogP contribution in [0.4, 0.5) is 0 Å². The first-order valence-corrected chi connectivity index (χ1v) is 11.5. The lowest BCUT2D eigenvalue weighted by atomic mass is 10.3. The van der Waals surface area contributed by atoms with E-state index in [4.69, 9.17) is 33.9 Å². The van der Waals surface area contributed by atoms with Gasteiger partial charge >= 0.3 is 0 Å². The molecule has 0 aliphatic rings. The molecule has 0 aliphatic carbocycles. The molecule has 1 aromatic carbocycles. The molecule has 0 heterocycles. The van der Waals surface area contributed by atoms with Crippen LogP contribution in [0.1, 0.15) is 39.5 Å². The van der Waals surface area contributed by atoms with Gasteiger partial charge in [-0.05, 0) is 37.1 Å². The van der Waals surface area contributed by atoms with Crippen molar-refractivity contribution in [2.75, 3.05) is 39.4 Å². The van der Waals surface area contributed by atoms with Gasteiger partial charge in [0, 0.05) is 13.1 Å². The smallest absolute Gasteiger partial charge is 0.133 e. The summed E-state index contributed by atoms with van der Waals surface area (Å²) in [6.07, 6.45) is 4.46. The number of thiocarbonyl (C=S) groups is 2. The highest BCUT2D eigenvalue weighted by molar-refractivity contribution is 8.11. The predicted octanol–water partition coefficient (Wildman–Crippen LogP) is 5.08. The highest BCUT2D eigenvalue weighted by atomic mass is 32.1. The Balaban J connectivity index is 2.36. The molecule has 0 unspecified atom stereocenters. The van der Waals surface area contributed by atoms with Crippen LogP contribution in [-0.2, 0) is 0 Å². The van der Waals surface area contributed by atoms with Crippen LogP contribution in [0.3, 0.4) is 0 Å². The fraction of sp³-hybridized carbons (Fsp3) is 0.600. The standard InChI is InChI=1S/C20H32N2O2S4/c1-3-5-11-21(19(25)26)13-15-23-17-7-9-18(10-8-17)24-16-14-22(20(27)28)12-6-4-2/h7-10H,3-6,11-16H2,1-2H3,(H,25,26)(H,27,28). The second-order valence-electron chi connectivity index (χ2n) is 6.41. The fourth-order valence-corrected chi connectivity index (χ4v) is 3.25. The maximum absolute atomic E-state index is 5.81. The molecule has 0 aliphatic heterocycles. The summed E-state index contributed by atoms with van der Waals surface area (Å²) in [4.78, 5) is 4.13. The van der Waals surface area contributed by atoms with Crippen molar-refractivity contribution in [2.24, 2.45) is 0 Å². The van der Waals surface area contributed by atoms with Crippen LogP contribution in [0.5, 0.6) is 11.5 Å². The number of thiol groups is 2. The third kappa shape index (κ3) is 10.7. The Labute approximate surface area is 191 Å². The van der Waals surface area contributed by atoms with Gasteiger partial charge in [-0.1, -0.05) is 51.1 Å². The Morgan fingerprint density at radius 1 is 0.750 bits per heavy atom. The molecule has 8 heteroatoms. The van der Waals surface area contributed by atoms with Crippen molar-refractivity contribution in [1.82, 2.24) is 9.80 Å². The predicted molar refractivity (Wildman–Crippen MR) is 134 cm³/mol. The van der Waals surface area contributed by atoms with Crippen molar-refractivity contribution in [2.45, 2.75) is 39.5 Å². The van der Waals surface area contributed by atoms with Crippen molar-refractivity contribution >= 4 is 58.3 Å². The number of hydrogen-bond donors (Lipinski definition) is 2. The first-order chi connectivity index (χ1) is 13.5. The van der Waals surface area contributed by atoms with E-state index < -0.39 is 0 Å². The Bertz CT molecular complexity index is 533. The lowest BCUT2D eigenvalue weighted by molar-refractivity contribution is 0.264. The summed E-state index contributed by atoms with van der Waals surface area (Å²) in [5, 5.41) is 0. The number of benzene rings is 1. The Morgan fingerprint density at radius 2 is 1.11 bits per heavy atom. The second-order valence-corrected chi connectivity index (χ2v) is 8.64. The van der Waals surface area contributed by atoms with Crippen LogP contribution in [0.15, 0.2) is 24.3 Å². The second kappa shape index (κ2) is 15.2. The first kappa shape index (κ1) is 25.3. The number of hydrogen-bond acceptors (Lipinski definition) is 4. The molecule has 0 amide bonds. The zero-order valence-electron chi connectivity index (χ0n) is 16.8. The molecule has 1 rings (SSSR count). The van der Waals surface area contributed by atoms with E-state index in [1.165, 1.54) is 0 Å². The minimum atomic E-state index is 0.566. The Hall–Kier alpha value is -0.700. The molecular weight excluding hydrogens is 429 g/mol. The molecule has 0 spiro atoms. The molecule has 0 radical (unpaired) electrons. The lowest BCUT2D eigenvalue weighted by Gasteiger charge is -2.22.